The molecule has 3 rings (SSSR count). The Balaban J connectivity index is 1.55. The summed E-state index contributed by atoms with van der Waals surface area (Å²) in [6, 6.07) is 18.4. The molecule has 4 heteroatoms. The Morgan fingerprint density at radius 3 is 2.33 bits per heavy atom. The summed E-state index contributed by atoms with van der Waals surface area (Å²) in [5.74, 6) is 0.880. The summed E-state index contributed by atoms with van der Waals surface area (Å²) in [7, 11) is 0. The smallest absolute Gasteiger partial charge is 0.119 e. The van der Waals surface area contributed by atoms with Gasteiger partial charge in [0.15, 0.2) is 0 Å². The van der Waals surface area contributed by atoms with E-state index >= 15 is 0 Å². The molecule has 24 heavy (non-hydrogen) atoms. The Kier molecular flexibility index (Phi) is 5.83. The second kappa shape index (κ2) is 8.27. The first kappa shape index (κ1) is 16.9. The van der Waals surface area contributed by atoms with Gasteiger partial charge in [0, 0.05) is 5.56 Å². The molecule has 2 aromatic carbocycles. The van der Waals surface area contributed by atoms with Crippen LogP contribution in [-0.2, 0) is 6.61 Å². The summed E-state index contributed by atoms with van der Waals surface area (Å²) in [5.41, 5.74) is 2.28. The molecule has 0 atom stereocenters. The molecule has 1 saturated heterocycles. The molecule has 0 saturated carbocycles. The van der Waals surface area contributed by atoms with Crippen molar-refractivity contribution in [2.24, 2.45) is 0 Å². The number of benzene rings is 2. The first-order valence-corrected chi connectivity index (χ1v) is 9.06. The highest BCUT2D eigenvalue weighted by molar-refractivity contribution is 7.80. The predicted molar refractivity (Wildman–Crippen MR) is 102 cm³/mol. The fraction of sp³-hybridized carbons (Fsp3) is 0.350. The fourth-order valence-electron chi connectivity index (χ4n) is 3.00. The van der Waals surface area contributed by atoms with E-state index in [0.29, 0.717) is 6.61 Å². The number of nitrogens with zero attached hydrogens (tertiary/aromatic N) is 1. The molecular formula is C20H25N2OS+. The van der Waals surface area contributed by atoms with E-state index in [1.807, 2.05) is 30.3 Å². The molecule has 0 spiro atoms. The third-order valence-corrected chi connectivity index (χ3v) is 5.10. The maximum atomic E-state index is 5.84. The van der Waals surface area contributed by atoms with Gasteiger partial charge >= 0.3 is 0 Å². The average Bonchev–Trinajstić information content (AvgIpc) is 2.67. The molecule has 1 heterocycles. The van der Waals surface area contributed by atoms with E-state index in [2.05, 4.69) is 36.1 Å². The highest BCUT2D eigenvalue weighted by Crippen LogP contribution is 2.16. The molecular weight excluding hydrogens is 316 g/mol. The number of likely N-dealkylation sites (N-methyl/N-ethyl adjacent to an activating group) is 1. The van der Waals surface area contributed by atoms with E-state index in [9.17, 15) is 0 Å². The van der Waals surface area contributed by atoms with Crippen molar-refractivity contribution < 1.29 is 9.64 Å². The van der Waals surface area contributed by atoms with Gasteiger partial charge in [0.05, 0.1) is 32.7 Å². The van der Waals surface area contributed by atoms with Crippen molar-refractivity contribution in [3.05, 3.63) is 65.7 Å². The Morgan fingerprint density at radius 2 is 1.71 bits per heavy atom. The lowest BCUT2D eigenvalue weighted by Gasteiger charge is -2.33. The fourth-order valence-corrected chi connectivity index (χ4v) is 3.32. The standard InChI is InChI=1S/C20H24N2OS/c1-2-21-12-14-22(15-13-21)20(24)18-8-10-19(11-9-18)23-16-17-6-4-3-5-7-17/h3-11H,2,12-16H2,1H3/p+1. The van der Waals surface area contributed by atoms with E-state index in [1.165, 1.54) is 25.2 Å². The predicted octanol–water partition coefficient (Wildman–Crippen LogP) is 2.16. The minimum atomic E-state index is 0.590. The second-order valence-electron chi connectivity index (χ2n) is 6.19. The van der Waals surface area contributed by atoms with Gasteiger partial charge in [-0.15, -0.1) is 0 Å². The van der Waals surface area contributed by atoms with Crippen LogP contribution >= 0.6 is 12.2 Å². The van der Waals surface area contributed by atoms with Crippen LogP contribution in [-0.4, -0.2) is 42.6 Å². The maximum absolute atomic E-state index is 5.84. The molecule has 1 aliphatic rings. The van der Waals surface area contributed by atoms with Gasteiger partial charge in [-0.2, -0.15) is 0 Å². The first-order valence-electron chi connectivity index (χ1n) is 8.66. The number of quaternary nitrogens is 1. The van der Waals surface area contributed by atoms with Crippen LogP contribution in [0.1, 0.15) is 18.1 Å². The Labute approximate surface area is 149 Å². The van der Waals surface area contributed by atoms with Crippen molar-refractivity contribution in [2.45, 2.75) is 13.5 Å². The van der Waals surface area contributed by atoms with Crippen molar-refractivity contribution >= 4 is 17.2 Å². The molecule has 2 aromatic rings. The normalized spacial score (nSPS) is 15.3. The van der Waals surface area contributed by atoms with Gasteiger partial charge in [-0.05, 0) is 36.8 Å². The quantitative estimate of drug-likeness (QED) is 0.840. The van der Waals surface area contributed by atoms with Crippen LogP contribution < -0.4 is 9.64 Å². The molecule has 0 unspecified atom stereocenters. The topological polar surface area (TPSA) is 16.9 Å². The minimum absolute atomic E-state index is 0.590. The van der Waals surface area contributed by atoms with Crippen LogP contribution in [0, 0.1) is 0 Å². The van der Waals surface area contributed by atoms with Crippen LogP contribution in [0.15, 0.2) is 54.6 Å². The molecule has 0 bridgehead atoms. The molecule has 126 valence electrons. The minimum Gasteiger partial charge on any atom is -0.489 e. The zero-order valence-corrected chi connectivity index (χ0v) is 15.0. The van der Waals surface area contributed by atoms with Gasteiger partial charge in [-0.1, -0.05) is 42.5 Å². The summed E-state index contributed by atoms with van der Waals surface area (Å²) >= 11 is 5.68. The van der Waals surface area contributed by atoms with Crippen molar-refractivity contribution in [1.29, 1.82) is 0 Å². The molecule has 1 aliphatic heterocycles. The third kappa shape index (κ3) is 4.34. The van der Waals surface area contributed by atoms with E-state index in [-0.39, 0.29) is 0 Å². The lowest BCUT2D eigenvalue weighted by molar-refractivity contribution is -0.902. The molecule has 0 amide bonds. The zero-order valence-electron chi connectivity index (χ0n) is 14.2. The highest BCUT2D eigenvalue weighted by Gasteiger charge is 2.21. The van der Waals surface area contributed by atoms with Crippen LogP contribution in [0.2, 0.25) is 0 Å². The van der Waals surface area contributed by atoms with Gasteiger partial charge in [-0.3, -0.25) is 0 Å². The van der Waals surface area contributed by atoms with Gasteiger partial charge in [0.25, 0.3) is 0 Å². The van der Waals surface area contributed by atoms with Crippen LogP contribution in [0.25, 0.3) is 0 Å². The highest BCUT2D eigenvalue weighted by atomic mass is 32.1. The summed E-state index contributed by atoms with van der Waals surface area (Å²) in [6.45, 7) is 8.49. The van der Waals surface area contributed by atoms with E-state index in [1.54, 1.807) is 4.90 Å². The summed E-state index contributed by atoms with van der Waals surface area (Å²) < 4.78 is 5.84. The molecule has 1 N–H and O–H groups in total. The monoisotopic (exact) mass is 341 g/mol. The number of rotatable bonds is 5. The van der Waals surface area contributed by atoms with Crippen LogP contribution in [0.3, 0.4) is 0 Å². The Hall–Kier alpha value is -1.91. The molecule has 0 radical (unpaired) electrons. The number of piperazine rings is 1. The van der Waals surface area contributed by atoms with E-state index in [4.69, 9.17) is 17.0 Å². The lowest BCUT2D eigenvalue weighted by Crippen LogP contribution is -3.14. The summed E-state index contributed by atoms with van der Waals surface area (Å²) in [5, 5.41) is 0. The molecule has 0 aromatic heterocycles. The Bertz CT molecular complexity index is 649. The molecule has 3 nitrogen and oxygen atoms in total. The van der Waals surface area contributed by atoms with Crippen molar-refractivity contribution in [2.75, 3.05) is 32.7 Å². The third-order valence-electron chi connectivity index (χ3n) is 4.61. The number of nitrogens with one attached hydrogen (secondary N) is 1. The molecule has 0 aliphatic carbocycles. The Morgan fingerprint density at radius 1 is 1.04 bits per heavy atom. The number of thiocarbonyl (C=S) groups is 1. The van der Waals surface area contributed by atoms with Gasteiger partial charge in [0.2, 0.25) is 0 Å². The maximum Gasteiger partial charge on any atom is 0.119 e. The summed E-state index contributed by atoms with van der Waals surface area (Å²) in [4.78, 5) is 4.95. The van der Waals surface area contributed by atoms with E-state index in [0.717, 1.165) is 29.4 Å². The SMILES string of the molecule is CC[NH+]1CCN(C(=S)c2ccc(OCc3ccccc3)cc2)CC1. The van der Waals surface area contributed by atoms with E-state index < -0.39 is 0 Å². The molecule has 1 fully saturated rings. The average molecular weight is 342 g/mol. The van der Waals surface area contributed by atoms with Crippen molar-refractivity contribution in [3.63, 3.8) is 0 Å². The number of hydrogen-bond donors (Lipinski definition) is 1. The summed E-state index contributed by atoms with van der Waals surface area (Å²) in [6.07, 6.45) is 0. The van der Waals surface area contributed by atoms with Crippen LogP contribution in [0.5, 0.6) is 5.75 Å². The van der Waals surface area contributed by atoms with Gasteiger partial charge in [-0.25, -0.2) is 0 Å². The second-order valence-corrected chi connectivity index (χ2v) is 6.58. The van der Waals surface area contributed by atoms with Gasteiger partial charge < -0.3 is 14.5 Å². The van der Waals surface area contributed by atoms with Crippen molar-refractivity contribution in [3.8, 4) is 5.75 Å². The zero-order chi connectivity index (χ0) is 16.8. The number of hydrogen-bond acceptors (Lipinski definition) is 2. The largest absolute Gasteiger partial charge is 0.489 e. The van der Waals surface area contributed by atoms with Crippen LogP contribution in [0.4, 0.5) is 0 Å². The lowest BCUT2D eigenvalue weighted by atomic mass is 10.2. The van der Waals surface area contributed by atoms with Gasteiger partial charge in [0.1, 0.15) is 17.3 Å². The van der Waals surface area contributed by atoms with Crippen molar-refractivity contribution in [1.82, 2.24) is 4.90 Å². The number of ether oxygens (including phenoxy) is 1. The first-order chi connectivity index (χ1) is 11.8.